The molecular weight excluding hydrogens is 466 g/mol. The smallest absolute Gasteiger partial charge is 0.337 e. The summed E-state index contributed by atoms with van der Waals surface area (Å²) in [7, 11) is 1.36. The van der Waals surface area contributed by atoms with Gasteiger partial charge in [-0.3, -0.25) is 0 Å². The van der Waals surface area contributed by atoms with Crippen LogP contribution in [0.15, 0.2) is 64.2 Å². The Morgan fingerprint density at radius 2 is 1.87 bits per heavy atom. The molecular formula is C21H18BrN5O2S. The first-order valence-corrected chi connectivity index (χ1v) is 10.9. The Morgan fingerprint density at radius 1 is 1.13 bits per heavy atom. The lowest BCUT2D eigenvalue weighted by Crippen LogP contribution is -2.04. The van der Waals surface area contributed by atoms with E-state index in [2.05, 4.69) is 48.4 Å². The van der Waals surface area contributed by atoms with Gasteiger partial charge in [-0.2, -0.15) is 9.50 Å². The van der Waals surface area contributed by atoms with E-state index in [9.17, 15) is 4.79 Å². The van der Waals surface area contributed by atoms with Gasteiger partial charge in [0.1, 0.15) is 5.82 Å². The van der Waals surface area contributed by atoms with Crippen LogP contribution < -0.4 is 5.32 Å². The average Bonchev–Trinajstić information content (AvgIpc) is 3.16. The third-order valence-corrected chi connectivity index (χ3v) is 5.72. The minimum atomic E-state index is -0.368. The van der Waals surface area contributed by atoms with Gasteiger partial charge in [-0.1, -0.05) is 39.8 Å². The second-order valence-corrected chi connectivity index (χ2v) is 8.36. The summed E-state index contributed by atoms with van der Waals surface area (Å²) in [4.78, 5) is 20.6. The molecule has 0 radical (unpaired) electrons. The highest BCUT2D eigenvalue weighted by atomic mass is 79.9. The number of anilines is 2. The molecule has 0 unspecified atom stereocenters. The first kappa shape index (κ1) is 20.4. The molecule has 152 valence electrons. The van der Waals surface area contributed by atoms with Crippen molar-refractivity contribution in [3.8, 4) is 0 Å². The summed E-state index contributed by atoms with van der Waals surface area (Å²) in [6, 6.07) is 17.1. The maximum absolute atomic E-state index is 11.6. The quantitative estimate of drug-likeness (QED) is 0.304. The van der Waals surface area contributed by atoms with E-state index in [0.29, 0.717) is 16.5 Å². The minimum absolute atomic E-state index is 0.368. The molecule has 0 atom stereocenters. The number of aryl methyl sites for hydroxylation is 1. The average molecular weight is 484 g/mol. The normalized spacial score (nSPS) is 10.9. The lowest BCUT2D eigenvalue weighted by molar-refractivity contribution is 0.0601. The van der Waals surface area contributed by atoms with Gasteiger partial charge >= 0.3 is 5.97 Å². The number of thioether (sulfide) groups is 1. The molecule has 4 rings (SSSR count). The molecule has 0 saturated carbocycles. The van der Waals surface area contributed by atoms with E-state index < -0.39 is 0 Å². The highest BCUT2D eigenvalue weighted by Crippen LogP contribution is 2.24. The number of methoxy groups -OCH3 is 1. The standard InChI is InChI=1S/C21H18BrN5O2S/c1-13-11-18(24-17-9-5-15(6-10-17)19(28)29-2)27-20(23-13)25-21(26-27)30-12-14-3-7-16(22)8-4-14/h3-11,24H,12H2,1-2H3. The Bertz CT molecular complexity index is 1190. The molecule has 7 nitrogen and oxygen atoms in total. The fourth-order valence-electron chi connectivity index (χ4n) is 2.80. The largest absolute Gasteiger partial charge is 0.465 e. The van der Waals surface area contributed by atoms with Crippen molar-refractivity contribution < 1.29 is 9.53 Å². The Labute approximate surface area is 186 Å². The summed E-state index contributed by atoms with van der Waals surface area (Å²) in [6.45, 7) is 1.91. The molecule has 0 fully saturated rings. The summed E-state index contributed by atoms with van der Waals surface area (Å²) in [6.07, 6.45) is 0. The lowest BCUT2D eigenvalue weighted by atomic mass is 10.2. The Kier molecular flexibility index (Phi) is 6.01. The highest BCUT2D eigenvalue weighted by molar-refractivity contribution is 9.10. The molecule has 0 aliphatic carbocycles. The number of carbonyl (C=O) groups excluding carboxylic acids is 1. The lowest BCUT2D eigenvalue weighted by Gasteiger charge is -2.09. The Morgan fingerprint density at radius 3 is 2.57 bits per heavy atom. The van der Waals surface area contributed by atoms with Crippen molar-refractivity contribution in [1.82, 2.24) is 19.6 Å². The van der Waals surface area contributed by atoms with Gasteiger partial charge in [0.15, 0.2) is 0 Å². The van der Waals surface area contributed by atoms with E-state index in [1.54, 1.807) is 28.4 Å². The molecule has 0 bridgehead atoms. The molecule has 2 heterocycles. The maximum atomic E-state index is 11.6. The number of halogens is 1. The van der Waals surface area contributed by atoms with E-state index >= 15 is 0 Å². The molecule has 0 spiro atoms. The van der Waals surface area contributed by atoms with Gasteiger partial charge in [0.2, 0.25) is 5.16 Å². The summed E-state index contributed by atoms with van der Waals surface area (Å²) >= 11 is 5.00. The van der Waals surface area contributed by atoms with E-state index in [1.807, 2.05) is 37.3 Å². The summed E-state index contributed by atoms with van der Waals surface area (Å²) in [5.41, 5.74) is 3.32. The fourth-order valence-corrected chi connectivity index (χ4v) is 3.84. The van der Waals surface area contributed by atoms with Gasteiger partial charge in [-0.05, 0) is 48.9 Å². The number of rotatable bonds is 6. The van der Waals surface area contributed by atoms with E-state index in [1.165, 1.54) is 12.7 Å². The monoisotopic (exact) mass is 483 g/mol. The van der Waals surface area contributed by atoms with Gasteiger partial charge in [0.25, 0.3) is 5.78 Å². The van der Waals surface area contributed by atoms with Gasteiger partial charge in [0.05, 0.1) is 12.7 Å². The number of carbonyl (C=O) groups is 1. The zero-order chi connectivity index (χ0) is 21.1. The van der Waals surface area contributed by atoms with Gasteiger partial charge in [-0.15, -0.1) is 5.10 Å². The molecule has 2 aromatic carbocycles. The van der Waals surface area contributed by atoms with Gasteiger partial charge in [0, 0.05) is 27.7 Å². The van der Waals surface area contributed by atoms with Crippen molar-refractivity contribution in [2.45, 2.75) is 17.8 Å². The number of ether oxygens (including phenoxy) is 1. The topological polar surface area (TPSA) is 81.4 Å². The molecule has 2 aromatic heterocycles. The Balaban J connectivity index is 1.55. The fraction of sp³-hybridized carbons (Fsp3) is 0.143. The molecule has 30 heavy (non-hydrogen) atoms. The zero-order valence-corrected chi connectivity index (χ0v) is 18.7. The molecule has 0 aliphatic rings. The Hall–Kier alpha value is -2.91. The van der Waals surface area contributed by atoms with E-state index in [-0.39, 0.29) is 5.97 Å². The second kappa shape index (κ2) is 8.85. The number of nitrogens with zero attached hydrogens (tertiary/aromatic N) is 4. The number of hydrogen-bond acceptors (Lipinski definition) is 7. The van der Waals surface area contributed by atoms with Gasteiger partial charge < -0.3 is 10.1 Å². The van der Waals surface area contributed by atoms with Crippen LogP contribution in [-0.4, -0.2) is 32.7 Å². The van der Waals surface area contributed by atoms with E-state index in [4.69, 9.17) is 4.74 Å². The van der Waals surface area contributed by atoms with Crippen molar-refractivity contribution in [2.24, 2.45) is 0 Å². The minimum Gasteiger partial charge on any atom is -0.465 e. The van der Waals surface area contributed by atoms with Crippen LogP contribution in [-0.2, 0) is 10.5 Å². The summed E-state index contributed by atoms with van der Waals surface area (Å²) < 4.78 is 7.48. The first-order valence-electron chi connectivity index (χ1n) is 9.09. The third-order valence-electron chi connectivity index (χ3n) is 4.28. The molecule has 0 amide bonds. The van der Waals surface area contributed by atoms with Crippen LogP contribution in [0.2, 0.25) is 0 Å². The van der Waals surface area contributed by atoms with Crippen molar-refractivity contribution in [3.63, 3.8) is 0 Å². The summed E-state index contributed by atoms with van der Waals surface area (Å²) in [5, 5.41) is 8.57. The number of benzene rings is 2. The van der Waals surface area contributed by atoms with Crippen molar-refractivity contribution in [1.29, 1.82) is 0 Å². The number of nitrogens with one attached hydrogen (secondary N) is 1. The number of aromatic nitrogens is 4. The molecule has 0 saturated heterocycles. The number of hydrogen-bond donors (Lipinski definition) is 1. The van der Waals surface area contributed by atoms with Gasteiger partial charge in [-0.25, -0.2) is 9.78 Å². The van der Waals surface area contributed by atoms with E-state index in [0.717, 1.165) is 27.4 Å². The predicted octanol–water partition coefficient (Wildman–Crippen LogP) is 5.02. The predicted molar refractivity (Wildman–Crippen MR) is 120 cm³/mol. The van der Waals surface area contributed by atoms with Crippen molar-refractivity contribution in [2.75, 3.05) is 12.4 Å². The van der Waals surface area contributed by atoms with Crippen LogP contribution in [0.4, 0.5) is 11.5 Å². The first-order chi connectivity index (χ1) is 14.5. The van der Waals surface area contributed by atoms with Crippen LogP contribution in [0.25, 0.3) is 5.78 Å². The van der Waals surface area contributed by atoms with Crippen molar-refractivity contribution in [3.05, 3.63) is 75.9 Å². The molecule has 4 aromatic rings. The summed E-state index contributed by atoms with van der Waals surface area (Å²) in [5.74, 6) is 1.67. The molecule has 1 N–H and O–H groups in total. The van der Waals surface area contributed by atoms with Crippen LogP contribution in [0.1, 0.15) is 21.6 Å². The van der Waals surface area contributed by atoms with Crippen LogP contribution in [0, 0.1) is 6.92 Å². The number of fused-ring (bicyclic) bond motifs is 1. The molecule has 0 aliphatic heterocycles. The van der Waals surface area contributed by atoms with Crippen LogP contribution in [0.3, 0.4) is 0 Å². The zero-order valence-electron chi connectivity index (χ0n) is 16.3. The maximum Gasteiger partial charge on any atom is 0.337 e. The van der Waals surface area contributed by atoms with Crippen molar-refractivity contribution >= 4 is 50.9 Å². The highest BCUT2D eigenvalue weighted by Gasteiger charge is 2.12. The van der Waals surface area contributed by atoms with Crippen LogP contribution in [0.5, 0.6) is 0 Å². The SMILES string of the molecule is COC(=O)c1ccc(Nc2cc(C)nc3nc(SCc4ccc(Br)cc4)nn23)cc1. The second-order valence-electron chi connectivity index (χ2n) is 6.50. The third kappa shape index (κ3) is 4.63. The number of esters is 1. The molecule has 9 heteroatoms. The van der Waals surface area contributed by atoms with Crippen LogP contribution >= 0.6 is 27.7 Å².